The maximum atomic E-state index is 11.9. The molecule has 3 heterocycles. The van der Waals surface area contributed by atoms with Crippen LogP contribution in [-0.2, 0) is 16.8 Å². The second-order valence-electron chi connectivity index (χ2n) is 3.63. The molecule has 0 bridgehead atoms. The van der Waals surface area contributed by atoms with Crippen LogP contribution in [0.15, 0.2) is 11.2 Å². The van der Waals surface area contributed by atoms with Crippen molar-refractivity contribution in [2.75, 3.05) is 13.1 Å². The zero-order chi connectivity index (χ0) is 10.5. The molecule has 0 spiro atoms. The normalized spacial score (nSPS) is 20.3. The van der Waals surface area contributed by atoms with Crippen LogP contribution in [0.2, 0.25) is 0 Å². The number of hydrogen-bond acceptors (Lipinski definition) is 4. The van der Waals surface area contributed by atoms with Gasteiger partial charge in [0.05, 0.1) is 18.4 Å². The smallest absolute Gasteiger partial charge is 0.286 e. The molecule has 0 unspecified atom stereocenters. The van der Waals surface area contributed by atoms with Crippen molar-refractivity contribution in [3.63, 3.8) is 0 Å². The first-order valence-corrected chi connectivity index (χ1v) is 6.17. The maximum absolute atomic E-state index is 11.9. The quantitative estimate of drug-likeness (QED) is 0.690. The van der Waals surface area contributed by atoms with Crippen molar-refractivity contribution >= 4 is 16.4 Å². The molecule has 1 aromatic heterocycles. The van der Waals surface area contributed by atoms with E-state index in [2.05, 4.69) is 10.1 Å². The molecule has 15 heavy (non-hydrogen) atoms. The highest BCUT2D eigenvalue weighted by Crippen LogP contribution is 2.18. The summed E-state index contributed by atoms with van der Waals surface area (Å²) in [5.74, 6) is 0. The van der Waals surface area contributed by atoms with Crippen molar-refractivity contribution in [3.8, 4) is 0 Å². The molecular weight excluding hydrogens is 216 g/mol. The van der Waals surface area contributed by atoms with E-state index in [-0.39, 0.29) is 0 Å². The van der Waals surface area contributed by atoms with Crippen LogP contribution in [0.25, 0.3) is 0 Å². The van der Waals surface area contributed by atoms with Gasteiger partial charge in [0.25, 0.3) is 0 Å². The molecule has 7 heteroatoms. The van der Waals surface area contributed by atoms with E-state index in [1.165, 1.54) is 10.5 Å². The van der Waals surface area contributed by atoms with Crippen LogP contribution < -0.4 is 0 Å². The topological polar surface area (TPSA) is 67.6 Å². The Balaban J connectivity index is 2.01. The first-order valence-electron chi connectivity index (χ1n) is 4.77. The number of fused-ring (bicyclic) bond motifs is 1. The first kappa shape index (κ1) is 9.05. The summed E-state index contributed by atoms with van der Waals surface area (Å²) in [5, 5.41) is 4.03. The lowest BCUT2D eigenvalue weighted by atomic mass is 10.3. The van der Waals surface area contributed by atoms with E-state index >= 15 is 0 Å². The fourth-order valence-electron chi connectivity index (χ4n) is 1.61. The summed E-state index contributed by atoms with van der Waals surface area (Å²) >= 11 is 0. The molecule has 2 aliphatic heterocycles. The van der Waals surface area contributed by atoms with Gasteiger partial charge in [-0.2, -0.15) is 21.9 Å². The minimum Gasteiger partial charge on any atom is -0.286 e. The Morgan fingerprint density at radius 3 is 2.73 bits per heavy atom. The molecule has 1 saturated heterocycles. The SMILES string of the molecule is O=S(=O)(N1CCC1)n1cc2c(n1)CN=C2. The van der Waals surface area contributed by atoms with Gasteiger partial charge in [-0.15, -0.1) is 0 Å². The predicted molar refractivity (Wildman–Crippen MR) is 54.0 cm³/mol. The number of rotatable bonds is 2. The maximum Gasteiger partial charge on any atom is 0.322 e. The third-order valence-corrected chi connectivity index (χ3v) is 4.33. The minimum absolute atomic E-state index is 0.484. The Bertz CT molecular complexity index is 527. The Morgan fingerprint density at radius 2 is 2.13 bits per heavy atom. The monoisotopic (exact) mass is 226 g/mol. The molecule has 0 aromatic carbocycles. The Hall–Kier alpha value is -1.21. The van der Waals surface area contributed by atoms with Crippen LogP contribution >= 0.6 is 0 Å². The van der Waals surface area contributed by atoms with Crippen LogP contribution in [0.4, 0.5) is 0 Å². The van der Waals surface area contributed by atoms with Gasteiger partial charge < -0.3 is 0 Å². The van der Waals surface area contributed by atoms with Crippen LogP contribution in [-0.4, -0.2) is 41.2 Å². The molecule has 0 atom stereocenters. The molecule has 0 amide bonds. The van der Waals surface area contributed by atoms with E-state index < -0.39 is 10.2 Å². The molecule has 1 aromatic rings. The van der Waals surface area contributed by atoms with Crippen LogP contribution in [0, 0.1) is 0 Å². The number of aromatic nitrogens is 2. The average molecular weight is 226 g/mol. The fourth-order valence-corrected chi connectivity index (χ4v) is 3.02. The summed E-state index contributed by atoms with van der Waals surface area (Å²) in [6.45, 7) is 1.68. The van der Waals surface area contributed by atoms with Crippen molar-refractivity contribution in [1.82, 2.24) is 13.5 Å². The third-order valence-electron chi connectivity index (χ3n) is 2.65. The standard InChI is InChI=1S/C8H10N4O2S/c13-15(14,11-2-1-3-11)12-6-7-4-9-5-8(7)10-12/h4,6H,1-3,5H2. The lowest BCUT2D eigenvalue weighted by Crippen LogP contribution is -2.45. The second-order valence-corrected chi connectivity index (χ2v) is 5.42. The summed E-state index contributed by atoms with van der Waals surface area (Å²) in [7, 11) is -3.40. The highest BCUT2D eigenvalue weighted by molar-refractivity contribution is 7.87. The molecule has 80 valence electrons. The molecule has 6 nitrogen and oxygen atoms in total. The first-order chi connectivity index (χ1) is 7.18. The van der Waals surface area contributed by atoms with Gasteiger partial charge in [-0.05, 0) is 6.42 Å². The van der Waals surface area contributed by atoms with E-state index in [4.69, 9.17) is 0 Å². The number of aliphatic imine (C=N–C) groups is 1. The second kappa shape index (κ2) is 2.89. The van der Waals surface area contributed by atoms with Gasteiger partial charge in [0.15, 0.2) is 0 Å². The summed E-state index contributed by atoms with van der Waals surface area (Å²) in [6.07, 6.45) is 4.12. The average Bonchev–Trinajstić information content (AvgIpc) is 2.54. The van der Waals surface area contributed by atoms with Crippen LogP contribution in [0.1, 0.15) is 17.7 Å². The lowest BCUT2D eigenvalue weighted by molar-refractivity contribution is 0.304. The van der Waals surface area contributed by atoms with Crippen molar-refractivity contribution in [2.45, 2.75) is 13.0 Å². The zero-order valence-corrected chi connectivity index (χ0v) is 8.81. The Labute approximate surface area is 87.4 Å². The van der Waals surface area contributed by atoms with Gasteiger partial charge in [-0.1, -0.05) is 0 Å². The van der Waals surface area contributed by atoms with E-state index in [0.717, 1.165) is 21.8 Å². The summed E-state index contributed by atoms with van der Waals surface area (Å²) < 4.78 is 26.3. The van der Waals surface area contributed by atoms with E-state index in [9.17, 15) is 8.42 Å². The highest BCUT2D eigenvalue weighted by atomic mass is 32.2. The molecule has 0 aliphatic carbocycles. The Morgan fingerprint density at radius 1 is 1.33 bits per heavy atom. The van der Waals surface area contributed by atoms with Crippen molar-refractivity contribution in [3.05, 3.63) is 17.5 Å². The van der Waals surface area contributed by atoms with Gasteiger partial charge >= 0.3 is 10.2 Å². The molecule has 0 N–H and O–H groups in total. The number of hydrogen-bond donors (Lipinski definition) is 0. The van der Waals surface area contributed by atoms with E-state index in [1.807, 2.05) is 0 Å². The van der Waals surface area contributed by atoms with Crippen molar-refractivity contribution in [1.29, 1.82) is 0 Å². The molecule has 0 saturated carbocycles. The third kappa shape index (κ3) is 1.23. The molecule has 3 rings (SSSR count). The van der Waals surface area contributed by atoms with Gasteiger partial charge in [0.2, 0.25) is 0 Å². The summed E-state index contributed by atoms with van der Waals surface area (Å²) in [4.78, 5) is 4.00. The Kier molecular flexibility index (Phi) is 1.74. The van der Waals surface area contributed by atoms with E-state index in [1.54, 1.807) is 6.21 Å². The summed E-state index contributed by atoms with van der Waals surface area (Å²) in [5.41, 5.74) is 1.54. The van der Waals surface area contributed by atoms with Crippen LogP contribution in [0.3, 0.4) is 0 Å². The number of nitrogens with zero attached hydrogens (tertiary/aromatic N) is 4. The highest BCUT2D eigenvalue weighted by Gasteiger charge is 2.30. The van der Waals surface area contributed by atoms with Crippen LogP contribution in [0.5, 0.6) is 0 Å². The van der Waals surface area contributed by atoms with Gasteiger partial charge in [0.1, 0.15) is 0 Å². The molecule has 0 radical (unpaired) electrons. The predicted octanol–water partition coefficient (Wildman–Crippen LogP) is -0.386. The largest absolute Gasteiger partial charge is 0.322 e. The van der Waals surface area contributed by atoms with Gasteiger partial charge in [0, 0.05) is 24.9 Å². The van der Waals surface area contributed by atoms with Gasteiger partial charge in [-0.25, -0.2) is 0 Å². The fraction of sp³-hybridized carbons (Fsp3) is 0.500. The molecule has 1 fully saturated rings. The van der Waals surface area contributed by atoms with Crippen molar-refractivity contribution < 1.29 is 8.42 Å². The van der Waals surface area contributed by atoms with Gasteiger partial charge in [-0.3, -0.25) is 4.99 Å². The lowest BCUT2D eigenvalue weighted by Gasteiger charge is -2.28. The van der Waals surface area contributed by atoms with E-state index in [0.29, 0.717) is 19.6 Å². The van der Waals surface area contributed by atoms with Crippen molar-refractivity contribution in [2.24, 2.45) is 4.99 Å². The molecular formula is C8H10N4O2S. The molecule has 2 aliphatic rings. The minimum atomic E-state index is -3.40. The zero-order valence-electron chi connectivity index (χ0n) is 8.00. The summed E-state index contributed by atoms with van der Waals surface area (Å²) in [6, 6.07) is 0.